The third kappa shape index (κ3) is 7.08. The Hall–Kier alpha value is -2.08. The van der Waals surface area contributed by atoms with Gasteiger partial charge in [0.1, 0.15) is 0 Å². The predicted molar refractivity (Wildman–Crippen MR) is 87.0 cm³/mol. The Morgan fingerprint density at radius 3 is 2.32 bits per heavy atom. The van der Waals surface area contributed by atoms with Crippen LogP contribution < -0.4 is 16.0 Å². The van der Waals surface area contributed by atoms with E-state index in [-0.39, 0.29) is 23.9 Å². The van der Waals surface area contributed by atoms with Gasteiger partial charge in [0.05, 0.1) is 13.2 Å². The minimum atomic E-state index is -0.247. The molecule has 0 aromatic heterocycles. The van der Waals surface area contributed by atoms with Crippen molar-refractivity contribution in [1.82, 2.24) is 10.6 Å². The average Bonchev–Trinajstić information content (AvgIpc) is 2.44. The molecule has 0 unspecified atom stereocenters. The number of rotatable bonds is 7. The SMILES string of the molecule is COCCNC(=O)c1ccc(NCC(=O)NC(C)(C)C)cc1. The maximum atomic E-state index is 11.8. The number of benzene rings is 1. The van der Waals surface area contributed by atoms with Crippen molar-refractivity contribution in [1.29, 1.82) is 0 Å². The van der Waals surface area contributed by atoms with Crippen LogP contribution >= 0.6 is 0 Å². The summed E-state index contributed by atoms with van der Waals surface area (Å²) in [5.41, 5.74) is 1.11. The van der Waals surface area contributed by atoms with E-state index in [1.54, 1.807) is 31.4 Å². The fraction of sp³-hybridized carbons (Fsp3) is 0.500. The van der Waals surface area contributed by atoms with Gasteiger partial charge in [-0.3, -0.25) is 9.59 Å². The van der Waals surface area contributed by atoms with E-state index in [0.29, 0.717) is 18.7 Å². The van der Waals surface area contributed by atoms with Gasteiger partial charge >= 0.3 is 0 Å². The molecule has 1 aromatic carbocycles. The molecule has 0 bridgehead atoms. The molecule has 6 nitrogen and oxygen atoms in total. The molecule has 0 saturated carbocycles. The van der Waals surface area contributed by atoms with Crippen LogP contribution in [0.2, 0.25) is 0 Å². The Morgan fingerprint density at radius 2 is 1.77 bits per heavy atom. The largest absolute Gasteiger partial charge is 0.383 e. The zero-order chi connectivity index (χ0) is 16.6. The lowest BCUT2D eigenvalue weighted by Gasteiger charge is -2.20. The summed E-state index contributed by atoms with van der Waals surface area (Å²) in [4.78, 5) is 23.5. The Balaban J connectivity index is 2.45. The quantitative estimate of drug-likeness (QED) is 0.665. The predicted octanol–water partition coefficient (Wildman–Crippen LogP) is 1.39. The topological polar surface area (TPSA) is 79.5 Å². The van der Waals surface area contributed by atoms with Gasteiger partial charge in [-0.25, -0.2) is 0 Å². The van der Waals surface area contributed by atoms with Crippen LogP contribution in [-0.4, -0.2) is 44.2 Å². The summed E-state index contributed by atoms with van der Waals surface area (Å²) in [7, 11) is 1.59. The fourth-order valence-corrected chi connectivity index (χ4v) is 1.75. The van der Waals surface area contributed by atoms with Crippen LogP contribution in [-0.2, 0) is 9.53 Å². The molecule has 0 aliphatic rings. The summed E-state index contributed by atoms with van der Waals surface area (Å²) in [6, 6.07) is 6.98. The van der Waals surface area contributed by atoms with Gasteiger partial charge in [0.25, 0.3) is 5.91 Å². The van der Waals surface area contributed by atoms with Gasteiger partial charge in [-0.2, -0.15) is 0 Å². The summed E-state index contributed by atoms with van der Waals surface area (Å²) >= 11 is 0. The standard InChI is InChI=1S/C16H25N3O3/c1-16(2,3)19-14(20)11-18-13-7-5-12(6-8-13)15(21)17-9-10-22-4/h5-8,18H,9-11H2,1-4H3,(H,17,21)(H,19,20). The van der Waals surface area contributed by atoms with E-state index in [4.69, 9.17) is 4.74 Å². The van der Waals surface area contributed by atoms with E-state index in [0.717, 1.165) is 5.69 Å². The van der Waals surface area contributed by atoms with Crippen molar-refractivity contribution in [3.63, 3.8) is 0 Å². The molecule has 1 rings (SSSR count). The lowest BCUT2D eigenvalue weighted by molar-refractivity contribution is -0.120. The molecule has 0 heterocycles. The molecule has 0 atom stereocenters. The van der Waals surface area contributed by atoms with Crippen LogP contribution in [0.3, 0.4) is 0 Å². The molecule has 0 fully saturated rings. The van der Waals surface area contributed by atoms with Gasteiger partial charge in [0.2, 0.25) is 5.91 Å². The molecule has 0 radical (unpaired) electrons. The van der Waals surface area contributed by atoms with Gasteiger partial charge in [-0.1, -0.05) is 0 Å². The normalized spacial score (nSPS) is 10.9. The highest BCUT2D eigenvalue weighted by Gasteiger charge is 2.13. The minimum absolute atomic E-state index is 0.0751. The van der Waals surface area contributed by atoms with E-state index >= 15 is 0 Å². The van der Waals surface area contributed by atoms with Crippen molar-refractivity contribution in [2.45, 2.75) is 26.3 Å². The molecule has 122 valence electrons. The van der Waals surface area contributed by atoms with E-state index in [1.165, 1.54) is 0 Å². The van der Waals surface area contributed by atoms with Crippen LogP contribution in [0.25, 0.3) is 0 Å². The van der Waals surface area contributed by atoms with E-state index in [9.17, 15) is 9.59 Å². The first kappa shape index (κ1) is 18.0. The third-order valence-corrected chi connectivity index (χ3v) is 2.71. The maximum absolute atomic E-state index is 11.8. The first-order chi connectivity index (χ1) is 10.3. The highest BCUT2D eigenvalue weighted by molar-refractivity contribution is 5.94. The van der Waals surface area contributed by atoms with Crippen molar-refractivity contribution < 1.29 is 14.3 Å². The second-order valence-corrected chi connectivity index (χ2v) is 5.98. The zero-order valence-electron chi connectivity index (χ0n) is 13.7. The van der Waals surface area contributed by atoms with Crippen LogP contribution in [0.1, 0.15) is 31.1 Å². The number of nitrogens with one attached hydrogen (secondary N) is 3. The average molecular weight is 307 g/mol. The molecule has 2 amide bonds. The molecule has 0 spiro atoms. The zero-order valence-corrected chi connectivity index (χ0v) is 13.7. The maximum Gasteiger partial charge on any atom is 0.251 e. The Kier molecular flexibility index (Phi) is 6.85. The van der Waals surface area contributed by atoms with Crippen LogP contribution in [0, 0.1) is 0 Å². The molecule has 0 aliphatic heterocycles. The second kappa shape index (κ2) is 8.38. The summed E-state index contributed by atoms with van der Waals surface area (Å²) in [6.07, 6.45) is 0. The van der Waals surface area contributed by atoms with E-state index < -0.39 is 0 Å². The number of amides is 2. The Morgan fingerprint density at radius 1 is 1.14 bits per heavy atom. The molecule has 0 aliphatic carbocycles. The van der Waals surface area contributed by atoms with Gasteiger partial charge in [-0.05, 0) is 45.0 Å². The van der Waals surface area contributed by atoms with E-state index in [1.807, 2.05) is 20.8 Å². The summed E-state index contributed by atoms with van der Waals surface area (Å²) < 4.78 is 4.87. The van der Waals surface area contributed by atoms with Crippen molar-refractivity contribution in [3.8, 4) is 0 Å². The van der Waals surface area contributed by atoms with Crippen LogP contribution in [0.4, 0.5) is 5.69 Å². The first-order valence-corrected chi connectivity index (χ1v) is 7.24. The van der Waals surface area contributed by atoms with Gasteiger partial charge in [0.15, 0.2) is 0 Å². The number of hydrogen-bond acceptors (Lipinski definition) is 4. The molecular formula is C16H25N3O3. The number of anilines is 1. The summed E-state index contributed by atoms with van der Waals surface area (Å²) in [5.74, 6) is -0.219. The molecule has 1 aromatic rings. The van der Waals surface area contributed by atoms with E-state index in [2.05, 4.69) is 16.0 Å². The number of ether oxygens (including phenoxy) is 1. The number of hydrogen-bond donors (Lipinski definition) is 3. The fourth-order valence-electron chi connectivity index (χ4n) is 1.75. The van der Waals surface area contributed by atoms with Crippen LogP contribution in [0.15, 0.2) is 24.3 Å². The highest BCUT2D eigenvalue weighted by Crippen LogP contribution is 2.09. The number of carbonyl (C=O) groups excluding carboxylic acids is 2. The molecule has 0 saturated heterocycles. The minimum Gasteiger partial charge on any atom is -0.383 e. The van der Waals surface area contributed by atoms with Crippen molar-refractivity contribution in [2.75, 3.05) is 32.1 Å². The van der Waals surface area contributed by atoms with Crippen molar-refractivity contribution >= 4 is 17.5 Å². The lowest BCUT2D eigenvalue weighted by atomic mass is 10.1. The molecular weight excluding hydrogens is 282 g/mol. The van der Waals surface area contributed by atoms with Crippen molar-refractivity contribution in [2.24, 2.45) is 0 Å². The molecule has 3 N–H and O–H groups in total. The van der Waals surface area contributed by atoms with Gasteiger partial charge < -0.3 is 20.7 Å². The number of carbonyl (C=O) groups is 2. The smallest absolute Gasteiger partial charge is 0.251 e. The Bertz CT molecular complexity index is 492. The monoisotopic (exact) mass is 307 g/mol. The molecule has 22 heavy (non-hydrogen) atoms. The highest BCUT2D eigenvalue weighted by atomic mass is 16.5. The van der Waals surface area contributed by atoms with Crippen LogP contribution in [0.5, 0.6) is 0 Å². The number of methoxy groups -OCH3 is 1. The first-order valence-electron chi connectivity index (χ1n) is 7.24. The summed E-state index contributed by atoms with van der Waals surface area (Å²) in [5, 5.41) is 8.64. The van der Waals surface area contributed by atoms with Crippen molar-refractivity contribution in [3.05, 3.63) is 29.8 Å². The van der Waals surface area contributed by atoms with Gasteiger partial charge in [-0.15, -0.1) is 0 Å². The third-order valence-electron chi connectivity index (χ3n) is 2.71. The summed E-state index contributed by atoms with van der Waals surface area (Å²) in [6.45, 7) is 6.94. The lowest BCUT2D eigenvalue weighted by Crippen LogP contribution is -2.43. The Labute approximate surface area is 131 Å². The van der Waals surface area contributed by atoms with Gasteiger partial charge in [0, 0.05) is 30.4 Å². The molecule has 6 heteroatoms. The second-order valence-electron chi connectivity index (χ2n) is 5.98.